The van der Waals surface area contributed by atoms with Crippen LogP contribution in [0, 0.1) is 13.8 Å². The number of esters is 1. The molecule has 0 saturated heterocycles. The molecule has 0 aliphatic rings. The van der Waals surface area contributed by atoms with Gasteiger partial charge in [0.05, 0.1) is 21.1 Å². The normalized spacial score (nSPS) is 10.5. The minimum absolute atomic E-state index is 0.209. The highest BCUT2D eigenvalue weighted by Gasteiger charge is 2.12. The van der Waals surface area contributed by atoms with Crippen LogP contribution in [0.5, 0.6) is 0 Å². The van der Waals surface area contributed by atoms with Gasteiger partial charge < -0.3 is 4.74 Å². The summed E-state index contributed by atoms with van der Waals surface area (Å²) >= 11 is 13.2. The van der Waals surface area contributed by atoms with Gasteiger partial charge in [-0.3, -0.25) is 0 Å². The summed E-state index contributed by atoms with van der Waals surface area (Å²) in [6.07, 6.45) is 0. The van der Waals surface area contributed by atoms with E-state index in [2.05, 4.69) is 4.98 Å². The summed E-state index contributed by atoms with van der Waals surface area (Å²) in [5.41, 5.74) is 1.23. The molecule has 0 atom stereocenters. The minimum atomic E-state index is -0.449. The number of benzene rings is 1. The minimum Gasteiger partial charge on any atom is -0.456 e. The van der Waals surface area contributed by atoms with Crippen LogP contribution in [0.1, 0.15) is 25.9 Å². The third-order valence-corrected chi connectivity index (χ3v) is 3.92. The number of halogens is 2. The summed E-state index contributed by atoms with van der Waals surface area (Å²) in [5.74, 6) is -0.449. The van der Waals surface area contributed by atoms with Gasteiger partial charge >= 0.3 is 5.97 Å². The lowest BCUT2D eigenvalue weighted by Crippen LogP contribution is -2.05. The number of carbonyl (C=O) groups is 1. The summed E-state index contributed by atoms with van der Waals surface area (Å²) in [6.45, 7) is 4.02. The number of hydrogen-bond donors (Lipinski definition) is 0. The fourth-order valence-corrected chi connectivity index (χ4v) is 2.97. The van der Waals surface area contributed by atoms with Crippen LogP contribution in [-0.4, -0.2) is 11.0 Å². The first-order valence-electron chi connectivity index (χ1n) is 5.52. The van der Waals surface area contributed by atoms with Gasteiger partial charge in [0.1, 0.15) is 6.61 Å². The van der Waals surface area contributed by atoms with E-state index in [0.29, 0.717) is 15.6 Å². The molecule has 0 amide bonds. The van der Waals surface area contributed by atoms with Gasteiger partial charge in [0.15, 0.2) is 0 Å². The molecule has 6 heteroatoms. The van der Waals surface area contributed by atoms with Crippen LogP contribution < -0.4 is 0 Å². The van der Waals surface area contributed by atoms with Crippen LogP contribution >= 0.6 is 34.5 Å². The molecule has 2 rings (SSSR count). The van der Waals surface area contributed by atoms with Crippen LogP contribution in [0.4, 0.5) is 0 Å². The molecule has 0 radical (unpaired) electrons. The lowest BCUT2D eigenvalue weighted by atomic mass is 10.2. The zero-order valence-corrected chi connectivity index (χ0v) is 12.7. The molecule has 1 heterocycles. The summed E-state index contributed by atoms with van der Waals surface area (Å²) in [5, 5.41) is 1.77. The number of ether oxygens (including phenoxy) is 1. The zero-order chi connectivity index (χ0) is 14.0. The van der Waals surface area contributed by atoms with Crippen molar-refractivity contribution in [3.05, 3.63) is 49.4 Å². The van der Waals surface area contributed by atoms with E-state index in [-0.39, 0.29) is 6.61 Å². The van der Waals surface area contributed by atoms with Crippen molar-refractivity contribution in [3.8, 4) is 0 Å². The Balaban J connectivity index is 2.07. The standard InChI is InChI=1S/C13H11Cl2NO2S/c1-7-12(19-8(2)16-7)6-18-13(17)9-3-10(14)5-11(15)4-9/h3-5H,6H2,1-2H3. The fraction of sp³-hybridized carbons (Fsp3) is 0.231. The highest BCUT2D eigenvalue weighted by Crippen LogP contribution is 2.21. The van der Waals surface area contributed by atoms with Crippen LogP contribution in [0.2, 0.25) is 10.0 Å². The van der Waals surface area contributed by atoms with Crippen LogP contribution in [0.15, 0.2) is 18.2 Å². The second kappa shape index (κ2) is 5.90. The summed E-state index contributed by atoms with van der Waals surface area (Å²) < 4.78 is 5.23. The first kappa shape index (κ1) is 14.3. The van der Waals surface area contributed by atoms with Crippen molar-refractivity contribution in [3.63, 3.8) is 0 Å². The second-order valence-corrected chi connectivity index (χ2v) is 6.14. The van der Waals surface area contributed by atoms with E-state index in [1.54, 1.807) is 6.07 Å². The smallest absolute Gasteiger partial charge is 0.338 e. The molecule has 100 valence electrons. The van der Waals surface area contributed by atoms with Gasteiger partial charge in [-0.25, -0.2) is 9.78 Å². The molecule has 1 aromatic carbocycles. The number of nitrogens with zero attached hydrogens (tertiary/aromatic N) is 1. The Hall–Kier alpha value is -1.10. The summed E-state index contributed by atoms with van der Waals surface area (Å²) in [4.78, 5) is 17.1. The molecule has 0 N–H and O–H groups in total. The van der Waals surface area contributed by atoms with Crippen molar-refractivity contribution in [2.24, 2.45) is 0 Å². The summed E-state index contributed by atoms with van der Waals surface area (Å²) in [7, 11) is 0. The first-order valence-corrected chi connectivity index (χ1v) is 7.09. The number of aryl methyl sites for hydroxylation is 2. The van der Waals surface area contributed by atoms with E-state index in [1.165, 1.54) is 23.5 Å². The maximum Gasteiger partial charge on any atom is 0.338 e. The van der Waals surface area contributed by atoms with Crippen LogP contribution in [0.3, 0.4) is 0 Å². The zero-order valence-electron chi connectivity index (χ0n) is 10.4. The topological polar surface area (TPSA) is 39.2 Å². The van der Waals surface area contributed by atoms with Gasteiger partial charge in [-0.05, 0) is 32.0 Å². The average molecular weight is 316 g/mol. The van der Waals surface area contributed by atoms with Crippen molar-refractivity contribution in [1.82, 2.24) is 4.98 Å². The van der Waals surface area contributed by atoms with Crippen molar-refractivity contribution >= 4 is 40.5 Å². The van der Waals surface area contributed by atoms with Gasteiger partial charge in [0, 0.05) is 10.0 Å². The van der Waals surface area contributed by atoms with E-state index in [4.69, 9.17) is 27.9 Å². The molecular weight excluding hydrogens is 305 g/mol. The van der Waals surface area contributed by atoms with Crippen LogP contribution in [-0.2, 0) is 11.3 Å². The van der Waals surface area contributed by atoms with Crippen molar-refractivity contribution in [1.29, 1.82) is 0 Å². The van der Waals surface area contributed by atoms with Gasteiger partial charge in [-0.1, -0.05) is 23.2 Å². The van der Waals surface area contributed by atoms with Gasteiger partial charge in [0.2, 0.25) is 0 Å². The predicted octanol–water partition coefficient (Wildman–Crippen LogP) is 4.42. The monoisotopic (exact) mass is 315 g/mol. The number of rotatable bonds is 3. The Kier molecular flexibility index (Phi) is 4.45. The maximum atomic E-state index is 11.9. The lowest BCUT2D eigenvalue weighted by Gasteiger charge is -2.04. The summed E-state index contributed by atoms with van der Waals surface area (Å²) in [6, 6.07) is 4.62. The van der Waals surface area contributed by atoms with Crippen molar-refractivity contribution in [2.45, 2.75) is 20.5 Å². The Morgan fingerprint density at radius 1 is 1.26 bits per heavy atom. The molecule has 19 heavy (non-hydrogen) atoms. The Bertz CT molecular complexity index is 605. The molecule has 0 fully saturated rings. The third-order valence-electron chi connectivity index (χ3n) is 2.43. The maximum absolute atomic E-state index is 11.9. The van der Waals surface area contributed by atoms with E-state index < -0.39 is 5.97 Å². The number of carbonyl (C=O) groups excluding carboxylic acids is 1. The molecule has 2 aromatic rings. The van der Waals surface area contributed by atoms with E-state index in [9.17, 15) is 4.79 Å². The number of hydrogen-bond acceptors (Lipinski definition) is 4. The number of thiazole rings is 1. The van der Waals surface area contributed by atoms with Gasteiger partial charge in [-0.2, -0.15) is 0 Å². The highest BCUT2D eigenvalue weighted by atomic mass is 35.5. The first-order chi connectivity index (χ1) is 8.95. The second-order valence-electron chi connectivity index (χ2n) is 3.98. The highest BCUT2D eigenvalue weighted by molar-refractivity contribution is 7.11. The Morgan fingerprint density at radius 2 is 1.89 bits per heavy atom. The SMILES string of the molecule is Cc1nc(C)c(COC(=O)c2cc(Cl)cc(Cl)c2)s1. The quantitative estimate of drug-likeness (QED) is 0.787. The lowest BCUT2D eigenvalue weighted by molar-refractivity contribution is 0.0476. The van der Waals surface area contributed by atoms with Crippen molar-refractivity contribution < 1.29 is 9.53 Å². The van der Waals surface area contributed by atoms with E-state index in [1.807, 2.05) is 13.8 Å². The van der Waals surface area contributed by atoms with Gasteiger partial charge in [-0.15, -0.1) is 11.3 Å². The third kappa shape index (κ3) is 3.69. The average Bonchev–Trinajstić information content (AvgIpc) is 2.63. The molecule has 0 bridgehead atoms. The van der Waals surface area contributed by atoms with Gasteiger partial charge in [0.25, 0.3) is 0 Å². The molecule has 0 spiro atoms. The molecule has 0 aliphatic heterocycles. The molecule has 3 nitrogen and oxygen atoms in total. The molecule has 1 aromatic heterocycles. The molecule has 0 unspecified atom stereocenters. The molecule has 0 saturated carbocycles. The largest absolute Gasteiger partial charge is 0.456 e. The van der Waals surface area contributed by atoms with Crippen LogP contribution in [0.25, 0.3) is 0 Å². The molecular formula is C13H11Cl2NO2S. The predicted molar refractivity (Wildman–Crippen MR) is 77.2 cm³/mol. The molecule has 0 aliphatic carbocycles. The number of aromatic nitrogens is 1. The van der Waals surface area contributed by atoms with E-state index >= 15 is 0 Å². The van der Waals surface area contributed by atoms with E-state index in [0.717, 1.165) is 15.6 Å². The fourth-order valence-electron chi connectivity index (χ4n) is 1.59. The Morgan fingerprint density at radius 3 is 2.42 bits per heavy atom. The Labute approximate surface area is 125 Å². The van der Waals surface area contributed by atoms with Crippen molar-refractivity contribution in [2.75, 3.05) is 0 Å².